The first kappa shape index (κ1) is 20.8. The summed E-state index contributed by atoms with van der Waals surface area (Å²) in [5, 5.41) is 11.8. The minimum Gasteiger partial charge on any atom is -0.480 e. The van der Waals surface area contributed by atoms with Crippen LogP contribution in [0.1, 0.15) is 37.5 Å². The standard InChI is InChI=1S/C18H27NO6/c1-11-7-13(24-10-23-6)8-12(2)14(11)9-15(16(20)21)19-17(22)25-18(3,4)5/h7-8,15H,9-10H2,1-6H3,(H,19,22)(H,20,21)/t15-/m0/s1. The molecule has 0 fully saturated rings. The number of carbonyl (C=O) groups is 2. The molecule has 7 heteroatoms. The summed E-state index contributed by atoms with van der Waals surface area (Å²) in [4.78, 5) is 23.4. The third-order valence-electron chi connectivity index (χ3n) is 3.41. The maximum Gasteiger partial charge on any atom is 0.408 e. The van der Waals surface area contributed by atoms with E-state index in [0.29, 0.717) is 5.75 Å². The number of nitrogens with one attached hydrogen (secondary N) is 1. The predicted molar refractivity (Wildman–Crippen MR) is 92.9 cm³/mol. The fourth-order valence-electron chi connectivity index (χ4n) is 2.34. The predicted octanol–water partition coefficient (Wildman–Crippen LogP) is 2.81. The van der Waals surface area contributed by atoms with Crippen LogP contribution in [0.5, 0.6) is 5.75 Å². The fourth-order valence-corrected chi connectivity index (χ4v) is 2.34. The lowest BCUT2D eigenvalue weighted by Gasteiger charge is -2.23. The van der Waals surface area contributed by atoms with Crippen LogP contribution in [0.25, 0.3) is 0 Å². The van der Waals surface area contributed by atoms with Crippen LogP contribution in [0.15, 0.2) is 12.1 Å². The maximum absolute atomic E-state index is 11.9. The van der Waals surface area contributed by atoms with E-state index >= 15 is 0 Å². The van der Waals surface area contributed by atoms with Crippen molar-refractivity contribution in [1.82, 2.24) is 5.32 Å². The summed E-state index contributed by atoms with van der Waals surface area (Å²) in [5.74, 6) is -0.475. The van der Waals surface area contributed by atoms with Crippen LogP contribution in [0, 0.1) is 13.8 Å². The number of hydrogen-bond acceptors (Lipinski definition) is 5. The monoisotopic (exact) mass is 353 g/mol. The summed E-state index contributed by atoms with van der Waals surface area (Å²) in [6.07, 6.45) is -0.605. The average Bonchev–Trinajstić information content (AvgIpc) is 2.45. The summed E-state index contributed by atoms with van der Waals surface area (Å²) in [5.41, 5.74) is 1.90. The van der Waals surface area contributed by atoms with E-state index in [2.05, 4.69) is 5.32 Å². The molecule has 0 saturated heterocycles. The van der Waals surface area contributed by atoms with Crippen LogP contribution < -0.4 is 10.1 Å². The smallest absolute Gasteiger partial charge is 0.408 e. The van der Waals surface area contributed by atoms with Gasteiger partial charge in [-0.1, -0.05) is 0 Å². The second-order valence-electron chi connectivity index (χ2n) is 6.83. The van der Waals surface area contributed by atoms with E-state index in [-0.39, 0.29) is 13.2 Å². The molecule has 0 aliphatic rings. The van der Waals surface area contributed by atoms with E-state index in [9.17, 15) is 14.7 Å². The first-order chi connectivity index (χ1) is 11.5. The number of ether oxygens (including phenoxy) is 3. The zero-order valence-corrected chi connectivity index (χ0v) is 15.6. The van der Waals surface area contributed by atoms with Crippen molar-refractivity contribution in [2.24, 2.45) is 0 Å². The van der Waals surface area contributed by atoms with E-state index in [1.54, 1.807) is 20.8 Å². The third-order valence-corrected chi connectivity index (χ3v) is 3.41. The van der Waals surface area contributed by atoms with E-state index < -0.39 is 23.7 Å². The molecule has 0 saturated carbocycles. The second kappa shape index (κ2) is 8.71. The number of benzene rings is 1. The molecule has 1 aromatic carbocycles. The number of aryl methyl sites for hydroxylation is 2. The number of carboxylic acids is 1. The molecule has 0 heterocycles. The highest BCUT2D eigenvalue weighted by Gasteiger charge is 2.25. The first-order valence-electron chi connectivity index (χ1n) is 7.97. The number of amides is 1. The molecule has 0 aromatic heterocycles. The summed E-state index contributed by atoms with van der Waals surface area (Å²) in [6, 6.07) is 2.54. The van der Waals surface area contributed by atoms with Crippen LogP contribution in [-0.2, 0) is 20.7 Å². The Kier molecular flexibility index (Phi) is 7.23. The lowest BCUT2D eigenvalue weighted by molar-refractivity contribution is -0.139. The second-order valence-corrected chi connectivity index (χ2v) is 6.83. The molecule has 2 N–H and O–H groups in total. The van der Waals surface area contributed by atoms with Crippen molar-refractivity contribution in [2.75, 3.05) is 13.9 Å². The number of hydrogen-bond donors (Lipinski definition) is 2. The summed E-state index contributed by atoms with van der Waals surface area (Å²) in [7, 11) is 1.54. The normalized spacial score (nSPS) is 12.4. The number of rotatable bonds is 7. The lowest BCUT2D eigenvalue weighted by atomic mass is 9.96. The van der Waals surface area contributed by atoms with Gasteiger partial charge in [-0.15, -0.1) is 0 Å². The van der Waals surface area contributed by atoms with Crippen LogP contribution >= 0.6 is 0 Å². The van der Waals surface area contributed by atoms with E-state index in [1.807, 2.05) is 26.0 Å². The fraction of sp³-hybridized carbons (Fsp3) is 0.556. The quantitative estimate of drug-likeness (QED) is 0.732. The Morgan fingerprint density at radius 1 is 1.20 bits per heavy atom. The Hall–Kier alpha value is -2.28. The number of alkyl carbamates (subject to hydrolysis) is 1. The highest BCUT2D eigenvalue weighted by molar-refractivity contribution is 5.80. The van der Waals surface area contributed by atoms with E-state index in [1.165, 1.54) is 7.11 Å². The van der Waals surface area contributed by atoms with Gasteiger partial charge in [-0.3, -0.25) is 0 Å². The first-order valence-corrected chi connectivity index (χ1v) is 7.97. The van der Waals surface area contributed by atoms with Crippen molar-refractivity contribution in [3.8, 4) is 5.75 Å². The van der Waals surface area contributed by atoms with Gasteiger partial charge in [0.1, 0.15) is 17.4 Å². The van der Waals surface area contributed by atoms with Gasteiger partial charge in [0.25, 0.3) is 0 Å². The Balaban J connectivity index is 2.91. The molecule has 25 heavy (non-hydrogen) atoms. The van der Waals surface area contributed by atoms with Gasteiger partial charge in [-0.2, -0.15) is 0 Å². The van der Waals surface area contributed by atoms with Gasteiger partial charge in [0.15, 0.2) is 6.79 Å². The largest absolute Gasteiger partial charge is 0.480 e. The molecule has 7 nitrogen and oxygen atoms in total. The number of carbonyl (C=O) groups excluding carboxylic acids is 1. The van der Waals surface area contributed by atoms with Gasteiger partial charge in [0.2, 0.25) is 0 Å². The lowest BCUT2D eigenvalue weighted by Crippen LogP contribution is -2.44. The van der Waals surface area contributed by atoms with Crippen LogP contribution in [0.4, 0.5) is 4.79 Å². The molecule has 0 radical (unpaired) electrons. The van der Waals surface area contributed by atoms with Gasteiger partial charge >= 0.3 is 12.1 Å². The molecule has 0 bridgehead atoms. The van der Waals surface area contributed by atoms with Crippen molar-refractivity contribution in [1.29, 1.82) is 0 Å². The van der Waals surface area contributed by atoms with Crippen molar-refractivity contribution in [3.05, 3.63) is 28.8 Å². The van der Waals surface area contributed by atoms with Crippen LogP contribution in [0.2, 0.25) is 0 Å². The Bertz CT molecular complexity index is 597. The molecular weight excluding hydrogens is 326 g/mol. The topological polar surface area (TPSA) is 94.1 Å². The van der Waals surface area contributed by atoms with E-state index in [4.69, 9.17) is 14.2 Å². The zero-order valence-electron chi connectivity index (χ0n) is 15.6. The minimum atomic E-state index is -1.12. The minimum absolute atomic E-state index is 0.135. The molecule has 1 rings (SSSR count). The molecule has 1 atom stereocenters. The molecule has 1 amide bonds. The zero-order chi connectivity index (χ0) is 19.2. The number of carboxylic acid groups (broad SMARTS) is 1. The van der Waals surface area contributed by atoms with Crippen molar-refractivity contribution in [2.45, 2.75) is 52.7 Å². The highest BCUT2D eigenvalue weighted by Crippen LogP contribution is 2.23. The molecule has 1 aromatic rings. The summed E-state index contributed by atoms with van der Waals surface area (Å²) in [6.45, 7) is 9.03. The maximum atomic E-state index is 11.9. The molecular formula is C18H27NO6. The van der Waals surface area contributed by atoms with Gasteiger partial charge in [0, 0.05) is 13.5 Å². The summed E-state index contributed by atoms with van der Waals surface area (Å²) < 4.78 is 15.4. The molecule has 0 unspecified atom stereocenters. The number of aliphatic carboxylic acids is 1. The van der Waals surface area contributed by atoms with Crippen molar-refractivity contribution < 1.29 is 28.9 Å². The van der Waals surface area contributed by atoms with Crippen LogP contribution in [-0.4, -0.2) is 42.7 Å². The molecule has 140 valence electrons. The molecule has 0 spiro atoms. The Morgan fingerprint density at radius 2 is 1.76 bits per heavy atom. The highest BCUT2D eigenvalue weighted by atomic mass is 16.7. The molecule has 0 aliphatic heterocycles. The number of methoxy groups -OCH3 is 1. The van der Waals surface area contributed by atoms with Gasteiger partial charge in [-0.25, -0.2) is 9.59 Å². The third kappa shape index (κ3) is 7.01. The van der Waals surface area contributed by atoms with E-state index in [0.717, 1.165) is 16.7 Å². The van der Waals surface area contributed by atoms with Gasteiger partial charge in [0.05, 0.1) is 0 Å². The molecule has 0 aliphatic carbocycles. The van der Waals surface area contributed by atoms with Crippen molar-refractivity contribution in [3.63, 3.8) is 0 Å². The Labute approximate surface area is 148 Å². The van der Waals surface area contributed by atoms with Gasteiger partial charge < -0.3 is 24.6 Å². The van der Waals surface area contributed by atoms with Crippen molar-refractivity contribution >= 4 is 12.1 Å². The summed E-state index contributed by atoms with van der Waals surface area (Å²) >= 11 is 0. The van der Waals surface area contributed by atoms with Gasteiger partial charge in [-0.05, 0) is 63.4 Å². The Morgan fingerprint density at radius 3 is 2.20 bits per heavy atom. The average molecular weight is 353 g/mol. The van der Waals surface area contributed by atoms with Crippen LogP contribution in [0.3, 0.4) is 0 Å². The SMILES string of the molecule is COCOc1cc(C)c(C[C@H](NC(=O)OC(C)(C)C)C(=O)O)c(C)c1.